The second-order valence-corrected chi connectivity index (χ2v) is 7.29. The maximum atomic E-state index is 12.0. The average Bonchev–Trinajstić information content (AvgIpc) is 3.11. The predicted octanol–water partition coefficient (Wildman–Crippen LogP) is 5.30. The summed E-state index contributed by atoms with van der Waals surface area (Å²) in [5.74, 6) is 0.510. The molecule has 4 nitrogen and oxygen atoms in total. The van der Waals surface area contributed by atoms with Crippen molar-refractivity contribution in [3.8, 4) is 11.3 Å². The van der Waals surface area contributed by atoms with Crippen LogP contribution in [0, 0.1) is 0 Å². The van der Waals surface area contributed by atoms with Crippen molar-refractivity contribution in [1.82, 2.24) is 10.3 Å². The molecule has 5 heteroatoms. The molecule has 0 atom stereocenters. The number of carbonyl (C=O) groups excluding carboxylic acids is 1. The molecule has 2 aromatic carbocycles. The highest BCUT2D eigenvalue weighted by Gasteiger charge is 2.08. The molecule has 0 aliphatic heterocycles. The highest BCUT2D eigenvalue weighted by atomic mass is 32.1. The highest BCUT2D eigenvalue weighted by Crippen LogP contribution is 2.26. The zero-order chi connectivity index (χ0) is 18.4. The molecule has 134 valence electrons. The summed E-state index contributed by atoms with van der Waals surface area (Å²) in [7, 11) is 0. The Morgan fingerprint density at radius 1 is 1.08 bits per heavy atom. The lowest BCUT2D eigenvalue weighted by Crippen LogP contribution is -2.30. The van der Waals surface area contributed by atoms with Gasteiger partial charge in [0.15, 0.2) is 5.13 Å². The Kier molecular flexibility index (Phi) is 6.02. The molecule has 0 saturated carbocycles. The molecule has 2 amide bonds. The fourth-order valence-corrected chi connectivity index (χ4v) is 3.32. The minimum Gasteiger partial charge on any atom is -0.337 e. The Bertz CT molecular complexity index is 841. The van der Waals surface area contributed by atoms with E-state index in [9.17, 15) is 4.79 Å². The van der Waals surface area contributed by atoms with Crippen molar-refractivity contribution in [1.29, 1.82) is 0 Å². The number of benzene rings is 2. The third-order valence-corrected chi connectivity index (χ3v) is 4.90. The monoisotopic (exact) mass is 365 g/mol. The fourth-order valence-electron chi connectivity index (χ4n) is 2.61. The predicted molar refractivity (Wildman–Crippen MR) is 109 cm³/mol. The summed E-state index contributed by atoms with van der Waals surface area (Å²) in [6, 6.07) is 18.3. The van der Waals surface area contributed by atoms with Gasteiger partial charge in [0, 0.05) is 17.5 Å². The average molecular weight is 366 g/mol. The van der Waals surface area contributed by atoms with Gasteiger partial charge in [0.2, 0.25) is 0 Å². The maximum absolute atomic E-state index is 12.0. The summed E-state index contributed by atoms with van der Waals surface area (Å²) in [5, 5.41) is 8.23. The molecule has 0 aliphatic carbocycles. The largest absolute Gasteiger partial charge is 0.337 e. The number of amides is 2. The van der Waals surface area contributed by atoms with Crippen LogP contribution in [-0.4, -0.2) is 17.6 Å². The van der Waals surface area contributed by atoms with Crippen LogP contribution in [0.3, 0.4) is 0 Å². The minimum absolute atomic E-state index is 0.225. The number of hydrogen-bond acceptors (Lipinski definition) is 3. The first kappa shape index (κ1) is 18.1. The number of thiazole rings is 1. The van der Waals surface area contributed by atoms with Crippen molar-refractivity contribution in [2.75, 3.05) is 11.9 Å². The SMILES string of the molecule is CC(C)c1ccc(-c2csc(NC(=O)NCCc3ccccc3)n2)cc1. The van der Waals surface area contributed by atoms with Crippen molar-refractivity contribution in [2.24, 2.45) is 0 Å². The molecule has 1 heterocycles. The zero-order valence-corrected chi connectivity index (χ0v) is 15.8. The first-order valence-corrected chi connectivity index (χ1v) is 9.64. The lowest BCUT2D eigenvalue weighted by atomic mass is 10.0. The Morgan fingerprint density at radius 3 is 2.50 bits per heavy atom. The van der Waals surface area contributed by atoms with Crippen LogP contribution < -0.4 is 10.6 Å². The number of nitrogens with one attached hydrogen (secondary N) is 2. The molecule has 0 radical (unpaired) electrons. The summed E-state index contributed by atoms with van der Waals surface area (Å²) in [6.07, 6.45) is 0.805. The number of rotatable bonds is 6. The number of carbonyl (C=O) groups is 1. The number of urea groups is 1. The van der Waals surface area contributed by atoms with Gasteiger partial charge in [-0.1, -0.05) is 68.4 Å². The van der Waals surface area contributed by atoms with E-state index >= 15 is 0 Å². The quantitative estimate of drug-likeness (QED) is 0.623. The number of nitrogens with zero attached hydrogens (tertiary/aromatic N) is 1. The third kappa shape index (κ3) is 4.92. The van der Waals surface area contributed by atoms with E-state index in [4.69, 9.17) is 0 Å². The van der Waals surface area contributed by atoms with Crippen LogP contribution >= 0.6 is 11.3 Å². The Morgan fingerprint density at radius 2 is 1.81 bits per heavy atom. The van der Waals surface area contributed by atoms with Crippen LogP contribution in [0.25, 0.3) is 11.3 Å². The van der Waals surface area contributed by atoms with E-state index in [2.05, 4.69) is 65.9 Å². The van der Waals surface area contributed by atoms with E-state index in [-0.39, 0.29) is 6.03 Å². The van der Waals surface area contributed by atoms with Gasteiger partial charge in [-0.2, -0.15) is 0 Å². The fraction of sp³-hybridized carbons (Fsp3) is 0.238. The lowest BCUT2D eigenvalue weighted by molar-refractivity contribution is 0.252. The van der Waals surface area contributed by atoms with Crippen molar-refractivity contribution >= 4 is 22.5 Å². The highest BCUT2D eigenvalue weighted by molar-refractivity contribution is 7.14. The van der Waals surface area contributed by atoms with Crippen molar-refractivity contribution in [3.05, 3.63) is 71.1 Å². The van der Waals surface area contributed by atoms with Crippen molar-refractivity contribution in [2.45, 2.75) is 26.2 Å². The van der Waals surface area contributed by atoms with E-state index < -0.39 is 0 Å². The zero-order valence-electron chi connectivity index (χ0n) is 15.0. The molecule has 0 spiro atoms. The van der Waals surface area contributed by atoms with E-state index in [1.165, 1.54) is 22.5 Å². The molecular formula is C21H23N3OS. The first-order valence-electron chi connectivity index (χ1n) is 8.76. The third-order valence-electron chi connectivity index (χ3n) is 4.14. The second kappa shape index (κ2) is 8.63. The van der Waals surface area contributed by atoms with Gasteiger partial charge in [0.25, 0.3) is 0 Å². The summed E-state index contributed by atoms with van der Waals surface area (Å²) in [6.45, 7) is 4.94. The first-order chi connectivity index (χ1) is 12.6. The van der Waals surface area contributed by atoms with Gasteiger partial charge in [0.1, 0.15) is 0 Å². The summed E-state index contributed by atoms with van der Waals surface area (Å²) < 4.78 is 0. The van der Waals surface area contributed by atoms with Gasteiger partial charge in [-0.15, -0.1) is 11.3 Å². The number of hydrogen-bond donors (Lipinski definition) is 2. The number of aromatic nitrogens is 1. The summed E-state index contributed by atoms with van der Waals surface area (Å²) in [5.41, 5.74) is 4.45. The van der Waals surface area contributed by atoms with Gasteiger partial charge in [0.05, 0.1) is 5.69 Å². The Balaban J connectivity index is 1.52. The summed E-state index contributed by atoms with van der Waals surface area (Å²) >= 11 is 1.43. The second-order valence-electron chi connectivity index (χ2n) is 6.43. The Hall–Kier alpha value is -2.66. The molecule has 1 aromatic heterocycles. The van der Waals surface area contributed by atoms with E-state index in [0.29, 0.717) is 17.6 Å². The lowest BCUT2D eigenvalue weighted by Gasteiger charge is -2.06. The van der Waals surface area contributed by atoms with Crippen LogP contribution in [-0.2, 0) is 6.42 Å². The molecule has 3 rings (SSSR count). The standard InChI is InChI=1S/C21H23N3OS/c1-15(2)17-8-10-18(11-9-17)19-14-26-21(23-19)24-20(25)22-13-12-16-6-4-3-5-7-16/h3-11,14-15H,12-13H2,1-2H3,(H2,22,23,24,25). The van der Waals surface area contributed by atoms with E-state index in [1.54, 1.807) is 0 Å². The van der Waals surface area contributed by atoms with Gasteiger partial charge < -0.3 is 5.32 Å². The van der Waals surface area contributed by atoms with Crippen molar-refractivity contribution < 1.29 is 4.79 Å². The van der Waals surface area contributed by atoms with Crippen molar-refractivity contribution in [3.63, 3.8) is 0 Å². The molecule has 26 heavy (non-hydrogen) atoms. The molecular weight excluding hydrogens is 342 g/mol. The topological polar surface area (TPSA) is 54.0 Å². The molecule has 2 N–H and O–H groups in total. The van der Waals surface area contributed by atoms with Crippen LogP contribution in [0.1, 0.15) is 30.9 Å². The Labute approximate surface area is 158 Å². The molecule has 0 fully saturated rings. The molecule has 3 aromatic rings. The molecule has 0 unspecified atom stereocenters. The van der Waals surface area contributed by atoms with E-state index in [1.807, 2.05) is 23.6 Å². The summed E-state index contributed by atoms with van der Waals surface area (Å²) in [4.78, 5) is 16.5. The number of anilines is 1. The van der Waals surface area contributed by atoms with Crippen LogP contribution in [0.5, 0.6) is 0 Å². The smallest absolute Gasteiger partial charge is 0.321 e. The van der Waals surface area contributed by atoms with Gasteiger partial charge in [-0.3, -0.25) is 5.32 Å². The van der Waals surface area contributed by atoms with Crippen LogP contribution in [0.4, 0.5) is 9.93 Å². The van der Waals surface area contributed by atoms with Gasteiger partial charge in [-0.05, 0) is 23.5 Å². The normalized spacial score (nSPS) is 10.7. The van der Waals surface area contributed by atoms with Crippen LogP contribution in [0.2, 0.25) is 0 Å². The van der Waals surface area contributed by atoms with Crippen LogP contribution in [0.15, 0.2) is 60.0 Å². The molecule has 0 aliphatic rings. The molecule has 0 saturated heterocycles. The van der Waals surface area contributed by atoms with Gasteiger partial charge >= 0.3 is 6.03 Å². The van der Waals surface area contributed by atoms with E-state index in [0.717, 1.165) is 17.7 Å². The molecule has 0 bridgehead atoms. The minimum atomic E-state index is -0.225. The maximum Gasteiger partial charge on any atom is 0.321 e. The van der Waals surface area contributed by atoms with Gasteiger partial charge in [-0.25, -0.2) is 9.78 Å².